The Bertz CT molecular complexity index is 164. The maximum absolute atomic E-state index is 11.1. The lowest BCUT2D eigenvalue weighted by atomic mass is 9.72. The number of aliphatic carboxylic acids is 1. The van der Waals surface area contributed by atoms with Crippen molar-refractivity contribution in [3.63, 3.8) is 0 Å². The molecule has 13 heavy (non-hydrogen) atoms. The summed E-state index contributed by atoms with van der Waals surface area (Å²) >= 11 is 0. The number of carboxylic acids is 1. The van der Waals surface area contributed by atoms with Crippen molar-refractivity contribution in [1.82, 2.24) is 0 Å². The Balaban J connectivity index is 4.64. The second-order valence-electron chi connectivity index (χ2n) is 3.71. The summed E-state index contributed by atoms with van der Waals surface area (Å²) in [5, 5.41) is 9.14. The van der Waals surface area contributed by atoms with Crippen molar-refractivity contribution in [3.05, 3.63) is 0 Å². The molecule has 0 spiro atoms. The molecule has 78 valence electrons. The molecule has 0 aliphatic heterocycles. The summed E-state index contributed by atoms with van der Waals surface area (Å²) in [6.07, 6.45) is 2.55. The van der Waals surface area contributed by atoms with Crippen LogP contribution in [-0.2, 0) is 4.79 Å². The second kappa shape index (κ2) is 5.22. The topological polar surface area (TPSA) is 63.3 Å². The number of nitrogens with two attached hydrogens (primary N) is 1. The molecule has 0 radical (unpaired) electrons. The number of hydrogen-bond donors (Lipinski definition) is 2. The van der Waals surface area contributed by atoms with E-state index < -0.39 is 11.4 Å². The van der Waals surface area contributed by atoms with Crippen LogP contribution in [0, 0.1) is 11.3 Å². The van der Waals surface area contributed by atoms with E-state index in [1.165, 1.54) is 0 Å². The zero-order valence-electron chi connectivity index (χ0n) is 8.84. The van der Waals surface area contributed by atoms with E-state index in [-0.39, 0.29) is 12.5 Å². The highest BCUT2D eigenvalue weighted by Crippen LogP contribution is 2.33. The van der Waals surface area contributed by atoms with Crippen LogP contribution in [0.1, 0.15) is 40.0 Å². The van der Waals surface area contributed by atoms with Crippen LogP contribution in [0.4, 0.5) is 0 Å². The molecular formula is C10H21NO2. The van der Waals surface area contributed by atoms with Gasteiger partial charge in [0.2, 0.25) is 0 Å². The predicted molar refractivity (Wildman–Crippen MR) is 53.5 cm³/mol. The highest BCUT2D eigenvalue weighted by atomic mass is 16.4. The van der Waals surface area contributed by atoms with Gasteiger partial charge in [-0.3, -0.25) is 4.79 Å². The molecule has 0 saturated heterocycles. The van der Waals surface area contributed by atoms with Crippen molar-refractivity contribution in [2.75, 3.05) is 6.54 Å². The third-order valence-electron chi connectivity index (χ3n) is 3.09. The zero-order chi connectivity index (χ0) is 10.5. The third-order valence-corrected chi connectivity index (χ3v) is 3.09. The molecule has 0 fully saturated rings. The van der Waals surface area contributed by atoms with E-state index in [2.05, 4.69) is 6.92 Å². The van der Waals surface area contributed by atoms with Crippen LogP contribution >= 0.6 is 0 Å². The van der Waals surface area contributed by atoms with Gasteiger partial charge in [0.1, 0.15) is 0 Å². The second-order valence-corrected chi connectivity index (χ2v) is 3.71. The zero-order valence-corrected chi connectivity index (χ0v) is 8.84. The first-order valence-electron chi connectivity index (χ1n) is 4.98. The van der Waals surface area contributed by atoms with Crippen molar-refractivity contribution in [1.29, 1.82) is 0 Å². The fourth-order valence-electron chi connectivity index (χ4n) is 1.85. The third kappa shape index (κ3) is 2.44. The Morgan fingerprint density at radius 1 is 1.54 bits per heavy atom. The molecule has 3 N–H and O–H groups in total. The minimum Gasteiger partial charge on any atom is -0.481 e. The van der Waals surface area contributed by atoms with Gasteiger partial charge in [-0.15, -0.1) is 0 Å². The first-order chi connectivity index (χ1) is 6.05. The molecule has 0 aliphatic rings. The molecule has 0 aromatic heterocycles. The monoisotopic (exact) mass is 187 g/mol. The van der Waals surface area contributed by atoms with Crippen LogP contribution in [0.3, 0.4) is 0 Å². The maximum Gasteiger partial charge on any atom is 0.311 e. The van der Waals surface area contributed by atoms with Gasteiger partial charge in [-0.25, -0.2) is 0 Å². The molecule has 0 heterocycles. The fourth-order valence-corrected chi connectivity index (χ4v) is 1.85. The molecule has 2 atom stereocenters. The minimum absolute atomic E-state index is 0.157. The standard InChI is InChI=1S/C10H21NO2/c1-4-6-8(3)10(5-2,7-11)9(12)13/h8H,4-7,11H2,1-3H3,(H,12,13). The largest absolute Gasteiger partial charge is 0.481 e. The number of hydrogen-bond acceptors (Lipinski definition) is 2. The van der Waals surface area contributed by atoms with E-state index in [4.69, 9.17) is 10.8 Å². The molecule has 0 aromatic rings. The van der Waals surface area contributed by atoms with Crippen LogP contribution in [0.2, 0.25) is 0 Å². The highest BCUT2D eigenvalue weighted by Gasteiger charge is 2.40. The van der Waals surface area contributed by atoms with Gasteiger partial charge in [0.25, 0.3) is 0 Å². The van der Waals surface area contributed by atoms with Crippen molar-refractivity contribution in [3.8, 4) is 0 Å². The van der Waals surface area contributed by atoms with E-state index in [0.717, 1.165) is 12.8 Å². The Morgan fingerprint density at radius 3 is 2.31 bits per heavy atom. The highest BCUT2D eigenvalue weighted by molar-refractivity contribution is 5.75. The summed E-state index contributed by atoms with van der Waals surface area (Å²) in [5.41, 5.74) is 4.86. The van der Waals surface area contributed by atoms with E-state index in [1.807, 2.05) is 13.8 Å². The van der Waals surface area contributed by atoms with Crippen molar-refractivity contribution in [2.45, 2.75) is 40.0 Å². The molecule has 0 bridgehead atoms. The normalized spacial score (nSPS) is 17.8. The van der Waals surface area contributed by atoms with Gasteiger partial charge in [0.05, 0.1) is 5.41 Å². The molecular weight excluding hydrogens is 166 g/mol. The average Bonchev–Trinajstić information content (AvgIpc) is 2.07. The van der Waals surface area contributed by atoms with Gasteiger partial charge in [-0.05, 0) is 18.8 Å². The van der Waals surface area contributed by atoms with Crippen LogP contribution < -0.4 is 5.73 Å². The Kier molecular flexibility index (Phi) is 4.99. The minimum atomic E-state index is -0.751. The molecule has 0 aromatic carbocycles. The van der Waals surface area contributed by atoms with E-state index in [0.29, 0.717) is 6.42 Å². The first kappa shape index (κ1) is 12.4. The van der Waals surface area contributed by atoms with Gasteiger partial charge < -0.3 is 10.8 Å². The van der Waals surface area contributed by atoms with Crippen molar-refractivity contribution >= 4 is 5.97 Å². The quantitative estimate of drug-likeness (QED) is 0.667. The van der Waals surface area contributed by atoms with Crippen molar-refractivity contribution in [2.24, 2.45) is 17.1 Å². The molecule has 2 unspecified atom stereocenters. The van der Waals surface area contributed by atoms with E-state index in [9.17, 15) is 4.79 Å². The van der Waals surface area contributed by atoms with Gasteiger partial charge in [-0.2, -0.15) is 0 Å². The summed E-state index contributed by atoms with van der Waals surface area (Å²) in [6, 6.07) is 0. The number of rotatable bonds is 6. The van der Waals surface area contributed by atoms with Crippen LogP contribution in [-0.4, -0.2) is 17.6 Å². The van der Waals surface area contributed by atoms with Crippen LogP contribution in [0.25, 0.3) is 0 Å². The summed E-state index contributed by atoms with van der Waals surface area (Å²) in [7, 11) is 0. The smallest absolute Gasteiger partial charge is 0.311 e. The lowest BCUT2D eigenvalue weighted by Gasteiger charge is -2.32. The summed E-state index contributed by atoms with van der Waals surface area (Å²) in [5.74, 6) is -0.594. The molecule has 0 rings (SSSR count). The lowest BCUT2D eigenvalue weighted by Crippen LogP contribution is -2.43. The Labute approximate surface area is 80.3 Å². The summed E-state index contributed by atoms with van der Waals surface area (Å²) in [4.78, 5) is 11.1. The summed E-state index contributed by atoms with van der Waals surface area (Å²) in [6.45, 7) is 6.18. The van der Waals surface area contributed by atoms with Crippen molar-refractivity contribution < 1.29 is 9.90 Å². The lowest BCUT2D eigenvalue weighted by molar-refractivity contribution is -0.152. The molecule has 0 aliphatic carbocycles. The van der Waals surface area contributed by atoms with E-state index in [1.54, 1.807) is 0 Å². The summed E-state index contributed by atoms with van der Waals surface area (Å²) < 4.78 is 0. The molecule has 0 saturated carbocycles. The maximum atomic E-state index is 11.1. The van der Waals surface area contributed by atoms with Gasteiger partial charge in [0.15, 0.2) is 0 Å². The van der Waals surface area contributed by atoms with Crippen LogP contribution in [0.5, 0.6) is 0 Å². The number of carbonyl (C=O) groups is 1. The Hall–Kier alpha value is -0.570. The fraction of sp³-hybridized carbons (Fsp3) is 0.900. The van der Waals surface area contributed by atoms with Gasteiger partial charge >= 0.3 is 5.97 Å². The van der Waals surface area contributed by atoms with E-state index >= 15 is 0 Å². The predicted octanol–water partition coefficient (Wildman–Crippen LogP) is 1.86. The SMILES string of the molecule is CCCC(C)C(CC)(CN)C(=O)O. The molecule has 0 amide bonds. The molecule has 3 nitrogen and oxygen atoms in total. The number of carboxylic acid groups (broad SMARTS) is 1. The Morgan fingerprint density at radius 2 is 2.08 bits per heavy atom. The molecule has 3 heteroatoms. The van der Waals surface area contributed by atoms with Crippen LogP contribution in [0.15, 0.2) is 0 Å². The first-order valence-corrected chi connectivity index (χ1v) is 4.98. The average molecular weight is 187 g/mol. The van der Waals surface area contributed by atoms with Gasteiger partial charge in [-0.1, -0.05) is 27.2 Å². The van der Waals surface area contributed by atoms with Gasteiger partial charge in [0, 0.05) is 6.54 Å².